The minimum Gasteiger partial charge on any atom is -0.497 e. The summed E-state index contributed by atoms with van der Waals surface area (Å²) in [5, 5.41) is 3.16. The van der Waals surface area contributed by atoms with Crippen LogP contribution < -0.4 is 14.8 Å². The van der Waals surface area contributed by atoms with Crippen molar-refractivity contribution in [3.8, 4) is 11.5 Å². The van der Waals surface area contributed by atoms with E-state index >= 15 is 0 Å². The molecule has 2 amide bonds. The fraction of sp³-hybridized carbons (Fsp3) is 0.600. The van der Waals surface area contributed by atoms with Gasteiger partial charge in [0.25, 0.3) is 0 Å². The van der Waals surface area contributed by atoms with Crippen LogP contribution in [0.2, 0.25) is 0 Å². The maximum absolute atomic E-state index is 13.0. The average molecular weight is 360 g/mol. The van der Waals surface area contributed by atoms with Crippen molar-refractivity contribution in [1.29, 1.82) is 0 Å². The third kappa shape index (κ3) is 3.50. The summed E-state index contributed by atoms with van der Waals surface area (Å²) in [5.41, 5.74) is 0.854. The number of hydrogen-bond donors (Lipinski definition) is 1. The van der Waals surface area contributed by atoms with Gasteiger partial charge in [0, 0.05) is 30.6 Å². The fourth-order valence-corrected chi connectivity index (χ4v) is 4.22. The van der Waals surface area contributed by atoms with Crippen LogP contribution in [0.5, 0.6) is 11.5 Å². The lowest BCUT2D eigenvalue weighted by molar-refractivity contribution is -0.129. The first-order chi connectivity index (χ1) is 12.6. The Hall–Kier alpha value is -2.24. The van der Waals surface area contributed by atoms with Crippen molar-refractivity contribution in [3.63, 3.8) is 0 Å². The number of carbonyl (C=O) groups is 2. The fourth-order valence-electron chi connectivity index (χ4n) is 4.22. The molecule has 1 aromatic rings. The highest BCUT2D eigenvalue weighted by molar-refractivity contribution is 5.90. The number of amides is 2. The van der Waals surface area contributed by atoms with E-state index in [0.717, 1.165) is 31.2 Å². The Balaban J connectivity index is 1.91. The Labute approximate surface area is 154 Å². The molecule has 2 atom stereocenters. The number of nitrogens with zero attached hydrogens (tertiary/aromatic N) is 1. The zero-order valence-corrected chi connectivity index (χ0v) is 15.8. The molecule has 1 aromatic carbocycles. The summed E-state index contributed by atoms with van der Waals surface area (Å²) >= 11 is 0. The Bertz CT molecular complexity index is 670. The molecular weight excluding hydrogens is 332 g/mol. The van der Waals surface area contributed by atoms with Crippen LogP contribution in [0.4, 0.5) is 0 Å². The number of likely N-dealkylation sites (tertiary alicyclic amines) is 1. The second-order valence-corrected chi connectivity index (χ2v) is 7.03. The molecule has 1 aliphatic heterocycles. The van der Waals surface area contributed by atoms with Crippen LogP contribution in [0.15, 0.2) is 18.2 Å². The summed E-state index contributed by atoms with van der Waals surface area (Å²) in [6.07, 6.45) is 4.61. The molecule has 0 radical (unpaired) electrons. The largest absolute Gasteiger partial charge is 0.497 e. The van der Waals surface area contributed by atoms with Gasteiger partial charge in [-0.1, -0.05) is 12.8 Å². The van der Waals surface area contributed by atoms with Crippen molar-refractivity contribution in [2.24, 2.45) is 5.92 Å². The van der Waals surface area contributed by atoms with Crippen molar-refractivity contribution < 1.29 is 19.1 Å². The van der Waals surface area contributed by atoms with Crippen LogP contribution in [-0.4, -0.2) is 43.5 Å². The molecular formula is C20H28N2O4. The third-order valence-electron chi connectivity index (χ3n) is 5.57. The van der Waals surface area contributed by atoms with E-state index < -0.39 is 5.92 Å². The Morgan fingerprint density at radius 1 is 1.23 bits per heavy atom. The molecule has 6 nitrogen and oxygen atoms in total. The lowest BCUT2D eigenvalue weighted by Gasteiger charge is -2.29. The van der Waals surface area contributed by atoms with E-state index in [1.165, 1.54) is 0 Å². The molecule has 6 heteroatoms. The molecule has 2 aliphatic rings. The normalized spacial score (nSPS) is 23.3. The topological polar surface area (TPSA) is 67.9 Å². The van der Waals surface area contributed by atoms with Gasteiger partial charge in [0.15, 0.2) is 0 Å². The predicted molar refractivity (Wildman–Crippen MR) is 98.2 cm³/mol. The zero-order valence-electron chi connectivity index (χ0n) is 15.8. The highest BCUT2D eigenvalue weighted by Crippen LogP contribution is 2.43. The average Bonchev–Trinajstić information content (AvgIpc) is 3.28. The van der Waals surface area contributed by atoms with Crippen LogP contribution in [0.3, 0.4) is 0 Å². The zero-order chi connectivity index (χ0) is 18.7. The molecule has 1 N–H and O–H groups in total. The number of rotatable bonds is 6. The summed E-state index contributed by atoms with van der Waals surface area (Å²) in [6, 6.07) is 5.49. The first-order valence-corrected chi connectivity index (χ1v) is 9.40. The number of methoxy groups -OCH3 is 2. The van der Waals surface area contributed by atoms with E-state index in [2.05, 4.69) is 5.32 Å². The van der Waals surface area contributed by atoms with Crippen molar-refractivity contribution in [1.82, 2.24) is 10.2 Å². The van der Waals surface area contributed by atoms with Crippen molar-refractivity contribution in [2.75, 3.05) is 20.8 Å². The second-order valence-electron chi connectivity index (χ2n) is 7.03. The van der Waals surface area contributed by atoms with Gasteiger partial charge in [0.05, 0.1) is 26.2 Å². The maximum Gasteiger partial charge on any atom is 0.226 e. The van der Waals surface area contributed by atoms with E-state index in [0.29, 0.717) is 18.0 Å². The number of hydrogen-bond acceptors (Lipinski definition) is 4. The smallest absolute Gasteiger partial charge is 0.226 e. The number of benzene rings is 1. The van der Waals surface area contributed by atoms with Gasteiger partial charge in [-0.15, -0.1) is 0 Å². The van der Waals surface area contributed by atoms with Gasteiger partial charge < -0.3 is 19.7 Å². The molecule has 0 unspecified atom stereocenters. The maximum atomic E-state index is 13.0. The second kappa shape index (κ2) is 7.98. The summed E-state index contributed by atoms with van der Waals surface area (Å²) in [6.45, 7) is 2.50. The van der Waals surface area contributed by atoms with Crippen molar-refractivity contribution in [3.05, 3.63) is 23.8 Å². The summed E-state index contributed by atoms with van der Waals surface area (Å²) in [4.78, 5) is 27.3. The molecule has 0 bridgehead atoms. The molecule has 142 valence electrons. The quantitative estimate of drug-likeness (QED) is 0.847. The standard InChI is InChI=1S/C20H28N2O4/c1-4-22-18(23)12-16(20(24)21-13-7-5-6-8-13)19(22)15-10-9-14(25-2)11-17(15)26-3/h9-11,13,16,19H,4-8,12H2,1-3H3,(H,21,24)/t16-,19+/m1/s1. The molecule has 3 rings (SSSR count). The van der Waals surface area contributed by atoms with Gasteiger partial charge in [-0.2, -0.15) is 0 Å². The van der Waals surface area contributed by atoms with Gasteiger partial charge in [0.2, 0.25) is 11.8 Å². The van der Waals surface area contributed by atoms with Crippen molar-refractivity contribution in [2.45, 2.75) is 51.1 Å². The minimum atomic E-state index is -0.398. The van der Waals surface area contributed by atoms with E-state index in [4.69, 9.17) is 9.47 Å². The van der Waals surface area contributed by atoms with Gasteiger partial charge in [-0.3, -0.25) is 9.59 Å². The highest BCUT2D eigenvalue weighted by atomic mass is 16.5. The first kappa shape index (κ1) is 18.5. The van der Waals surface area contributed by atoms with Crippen LogP contribution in [0.25, 0.3) is 0 Å². The van der Waals surface area contributed by atoms with Crippen LogP contribution in [0, 0.1) is 5.92 Å². The Kier molecular flexibility index (Phi) is 5.69. The summed E-state index contributed by atoms with van der Waals surface area (Å²) in [7, 11) is 3.20. The lowest BCUT2D eigenvalue weighted by Crippen LogP contribution is -2.40. The highest BCUT2D eigenvalue weighted by Gasteiger charge is 2.45. The predicted octanol–water partition coefficient (Wildman–Crippen LogP) is 2.67. The van der Waals surface area contributed by atoms with Crippen LogP contribution in [0.1, 0.15) is 50.6 Å². The molecule has 1 saturated carbocycles. The summed E-state index contributed by atoms with van der Waals surface area (Å²) < 4.78 is 10.8. The summed E-state index contributed by atoms with van der Waals surface area (Å²) in [5.74, 6) is 0.919. The first-order valence-electron chi connectivity index (χ1n) is 9.40. The molecule has 0 spiro atoms. The molecule has 1 heterocycles. The molecule has 0 aromatic heterocycles. The Morgan fingerprint density at radius 2 is 1.96 bits per heavy atom. The molecule has 2 fully saturated rings. The van der Waals surface area contributed by atoms with E-state index in [9.17, 15) is 9.59 Å². The lowest BCUT2D eigenvalue weighted by atomic mass is 9.91. The molecule has 1 aliphatic carbocycles. The Morgan fingerprint density at radius 3 is 2.58 bits per heavy atom. The number of nitrogens with one attached hydrogen (secondary N) is 1. The SMILES string of the molecule is CCN1C(=O)C[C@@H](C(=O)NC2CCCC2)[C@@H]1c1ccc(OC)cc1OC. The van der Waals surface area contributed by atoms with E-state index in [-0.39, 0.29) is 30.3 Å². The van der Waals surface area contributed by atoms with Gasteiger partial charge in [0.1, 0.15) is 11.5 Å². The van der Waals surface area contributed by atoms with Crippen LogP contribution >= 0.6 is 0 Å². The monoisotopic (exact) mass is 360 g/mol. The molecule has 26 heavy (non-hydrogen) atoms. The minimum absolute atomic E-state index is 0.0157. The number of carbonyl (C=O) groups excluding carboxylic acids is 2. The van der Waals surface area contributed by atoms with Gasteiger partial charge in [-0.25, -0.2) is 0 Å². The van der Waals surface area contributed by atoms with Gasteiger partial charge >= 0.3 is 0 Å². The molecule has 1 saturated heterocycles. The van der Waals surface area contributed by atoms with Crippen molar-refractivity contribution >= 4 is 11.8 Å². The number of ether oxygens (including phenoxy) is 2. The van der Waals surface area contributed by atoms with E-state index in [1.807, 2.05) is 19.1 Å². The third-order valence-corrected chi connectivity index (χ3v) is 5.57. The van der Waals surface area contributed by atoms with E-state index in [1.54, 1.807) is 25.2 Å². The van der Waals surface area contributed by atoms with Gasteiger partial charge in [-0.05, 0) is 31.9 Å². The van der Waals surface area contributed by atoms with Crippen LogP contribution in [-0.2, 0) is 9.59 Å².